The topological polar surface area (TPSA) is 94.8 Å². The second-order valence-electron chi connectivity index (χ2n) is 8.40. The predicted octanol–water partition coefficient (Wildman–Crippen LogP) is 3.33. The van der Waals surface area contributed by atoms with Crippen LogP contribution in [0.2, 0.25) is 0 Å². The van der Waals surface area contributed by atoms with Gasteiger partial charge in [0.05, 0.1) is 12.0 Å². The maximum Gasteiger partial charge on any atom is 0.306 e. The maximum atomic E-state index is 11.6. The summed E-state index contributed by atoms with van der Waals surface area (Å²) in [5, 5.41) is 29.7. The largest absolute Gasteiger partial charge is 0.481 e. The fraction of sp³-hybridized carbons (Fsp3) is 0.727. The zero-order valence-corrected chi connectivity index (χ0v) is 17.0. The van der Waals surface area contributed by atoms with Crippen LogP contribution in [0.5, 0.6) is 0 Å². The third-order valence-electron chi connectivity index (χ3n) is 5.53. The Morgan fingerprint density at radius 2 is 2.00 bits per heavy atom. The van der Waals surface area contributed by atoms with E-state index < -0.39 is 23.6 Å². The van der Waals surface area contributed by atoms with Gasteiger partial charge in [-0.25, -0.2) is 0 Å². The van der Waals surface area contributed by atoms with Gasteiger partial charge in [-0.3, -0.25) is 9.59 Å². The third kappa shape index (κ3) is 7.48. The average Bonchev–Trinajstić information content (AvgIpc) is 2.91. The molecule has 1 rings (SSSR count). The van der Waals surface area contributed by atoms with Gasteiger partial charge in [-0.05, 0) is 31.3 Å². The Labute approximate surface area is 162 Å². The molecule has 0 fully saturated rings. The summed E-state index contributed by atoms with van der Waals surface area (Å²) in [6, 6.07) is 0. The van der Waals surface area contributed by atoms with Crippen molar-refractivity contribution in [2.45, 2.75) is 84.8 Å². The van der Waals surface area contributed by atoms with Gasteiger partial charge in [0.1, 0.15) is 6.10 Å². The Hall–Kier alpha value is -1.64. The fourth-order valence-corrected chi connectivity index (χ4v) is 3.30. The van der Waals surface area contributed by atoms with Crippen molar-refractivity contribution in [3.8, 4) is 11.8 Å². The van der Waals surface area contributed by atoms with Gasteiger partial charge in [0.15, 0.2) is 5.78 Å². The molecule has 5 nitrogen and oxygen atoms in total. The van der Waals surface area contributed by atoms with Crippen molar-refractivity contribution in [2.75, 3.05) is 0 Å². The van der Waals surface area contributed by atoms with Crippen LogP contribution in [-0.4, -0.2) is 39.3 Å². The standard InChI is InChI=1S/C22H34O5/c1-5-6-7-8-18(21(26)27)15(2)11-12-22(3,4)20(25)10-9-16-13-17(23)14-19(16)24/h13,15,18-20,24-25H,5-8,11-12,14H2,1-4H3,(H,26,27). The van der Waals surface area contributed by atoms with Gasteiger partial charge in [-0.2, -0.15) is 0 Å². The number of carbonyl (C=O) groups is 2. The summed E-state index contributed by atoms with van der Waals surface area (Å²) in [5.41, 5.74) is -0.160. The highest BCUT2D eigenvalue weighted by Gasteiger charge is 2.30. The molecule has 0 heterocycles. The zero-order valence-electron chi connectivity index (χ0n) is 17.0. The zero-order chi connectivity index (χ0) is 20.6. The molecule has 4 atom stereocenters. The number of hydrogen-bond donors (Lipinski definition) is 3. The lowest BCUT2D eigenvalue weighted by atomic mass is 9.77. The van der Waals surface area contributed by atoms with Crippen molar-refractivity contribution in [2.24, 2.45) is 17.3 Å². The average molecular weight is 379 g/mol. The molecule has 0 aromatic carbocycles. The van der Waals surface area contributed by atoms with Gasteiger partial charge < -0.3 is 15.3 Å². The van der Waals surface area contributed by atoms with E-state index in [1.807, 2.05) is 20.8 Å². The van der Waals surface area contributed by atoms with Crippen molar-refractivity contribution >= 4 is 11.8 Å². The lowest BCUT2D eigenvalue weighted by Gasteiger charge is -2.30. The molecule has 1 aliphatic rings. The number of allylic oxidation sites excluding steroid dienone is 1. The number of ketones is 1. The van der Waals surface area contributed by atoms with Crippen LogP contribution in [0.4, 0.5) is 0 Å². The lowest BCUT2D eigenvalue weighted by molar-refractivity contribution is -0.144. The predicted molar refractivity (Wildman–Crippen MR) is 105 cm³/mol. The lowest BCUT2D eigenvalue weighted by Crippen LogP contribution is -2.30. The molecule has 3 N–H and O–H groups in total. The molecule has 152 valence electrons. The van der Waals surface area contributed by atoms with Gasteiger partial charge in [-0.15, -0.1) is 0 Å². The molecule has 1 aliphatic carbocycles. The van der Waals surface area contributed by atoms with E-state index >= 15 is 0 Å². The Bertz CT molecular complexity index is 608. The van der Waals surface area contributed by atoms with Gasteiger partial charge in [0.2, 0.25) is 0 Å². The first kappa shape index (κ1) is 23.4. The molecule has 0 saturated carbocycles. The number of rotatable bonds is 10. The van der Waals surface area contributed by atoms with Gasteiger partial charge >= 0.3 is 5.97 Å². The molecule has 27 heavy (non-hydrogen) atoms. The SMILES string of the molecule is CCCCCC(C(=O)O)C(C)CCC(C)(C)C(O)C#CC1=CC(=O)CC1O. The van der Waals surface area contributed by atoms with E-state index in [0.29, 0.717) is 24.8 Å². The number of carboxylic acid groups (broad SMARTS) is 1. The van der Waals surface area contributed by atoms with Crippen LogP contribution in [-0.2, 0) is 9.59 Å². The monoisotopic (exact) mass is 378 g/mol. The highest BCUT2D eigenvalue weighted by atomic mass is 16.4. The number of carboxylic acids is 1. The van der Waals surface area contributed by atoms with Crippen LogP contribution in [0.1, 0.15) is 72.6 Å². The molecular formula is C22H34O5. The van der Waals surface area contributed by atoms with Crippen molar-refractivity contribution in [3.05, 3.63) is 11.6 Å². The second kappa shape index (κ2) is 10.6. The van der Waals surface area contributed by atoms with E-state index in [4.69, 9.17) is 0 Å². The Morgan fingerprint density at radius 1 is 1.33 bits per heavy atom. The number of aliphatic hydroxyl groups excluding tert-OH is 2. The van der Waals surface area contributed by atoms with E-state index in [1.165, 1.54) is 6.08 Å². The van der Waals surface area contributed by atoms with E-state index in [-0.39, 0.29) is 24.0 Å². The molecule has 0 radical (unpaired) electrons. The smallest absolute Gasteiger partial charge is 0.306 e. The Morgan fingerprint density at radius 3 is 2.52 bits per heavy atom. The summed E-state index contributed by atoms with van der Waals surface area (Å²) in [7, 11) is 0. The highest BCUT2D eigenvalue weighted by Crippen LogP contribution is 2.32. The number of aliphatic carboxylic acids is 1. The van der Waals surface area contributed by atoms with Crippen LogP contribution in [0.15, 0.2) is 11.6 Å². The number of aliphatic hydroxyl groups is 2. The summed E-state index contributed by atoms with van der Waals surface area (Å²) in [6.45, 7) is 7.86. The summed E-state index contributed by atoms with van der Waals surface area (Å²) in [4.78, 5) is 22.9. The first-order valence-electron chi connectivity index (χ1n) is 9.93. The first-order valence-corrected chi connectivity index (χ1v) is 9.93. The van der Waals surface area contributed by atoms with Crippen LogP contribution in [0, 0.1) is 29.1 Å². The fourth-order valence-electron chi connectivity index (χ4n) is 3.30. The molecule has 5 heteroatoms. The Balaban J connectivity index is 2.63. The summed E-state index contributed by atoms with van der Waals surface area (Å²) in [6.07, 6.45) is 4.63. The minimum atomic E-state index is -0.920. The van der Waals surface area contributed by atoms with Crippen LogP contribution in [0.25, 0.3) is 0 Å². The number of carbonyl (C=O) groups excluding carboxylic acids is 1. The number of unbranched alkanes of at least 4 members (excludes halogenated alkanes) is 2. The normalized spacial score (nSPS) is 20.4. The van der Waals surface area contributed by atoms with Gasteiger partial charge in [0, 0.05) is 17.4 Å². The van der Waals surface area contributed by atoms with E-state index in [0.717, 1.165) is 19.3 Å². The molecule has 0 amide bonds. The maximum absolute atomic E-state index is 11.6. The molecule has 0 aliphatic heterocycles. The first-order chi connectivity index (χ1) is 12.6. The number of hydrogen-bond acceptors (Lipinski definition) is 4. The van der Waals surface area contributed by atoms with Crippen molar-refractivity contribution in [3.63, 3.8) is 0 Å². The van der Waals surface area contributed by atoms with Gasteiger partial charge in [-0.1, -0.05) is 58.8 Å². The quantitative estimate of drug-likeness (QED) is 0.400. The van der Waals surface area contributed by atoms with E-state index in [9.17, 15) is 24.9 Å². The molecule has 0 bridgehead atoms. The highest BCUT2D eigenvalue weighted by molar-refractivity contribution is 5.95. The minimum Gasteiger partial charge on any atom is -0.481 e. The molecule has 0 saturated heterocycles. The molecule has 0 aromatic heterocycles. The van der Waals surface area contributed by atoms with Crippen molar-refractivity contribution < 1.29 is 24.9 Å². The summed E-state index contributed by atoms with van der Waals surface area (Å²) >= 11 is 0. The third-order valence-corrected chi connectivity index (χ3v) is 5.53. The summed E-state index contributed by atoms with van der Waals surface area (Å²) < 4.78 is 0. The summed E-state index contributed by atoms with van der Waals surface area (Å²) in [5.74, 6) is 4.23. The molecule has 4 unspecified atom stereocenters. The van der Waals surface area contributed by atoms with E-state index in [2.05, 4.69) is 18.8 Å². The van der Waals surface area contributed by atoms with Gasteiger partial charge in [0.25, 0.3) is 0 Å². The molecule has 0 aromatic rings. The van der Waals surface area contributed by atoms with E-state index in [1.54, 1.807) is 0 Å². The molecule has 0 spiro atoms. The van der Waals surface area contributed by atoms with Crippen LogP contribution < -0.4 is 0 Å². The molecular weight excluding hydrogens is 344 g/mol. The minimum absolute atomic E-state index is 0.0239. The second-order valence-corrected chi connectivity index (χ2v) is 8.40. The van der Waals surface area contributed by atoms with Crippen molar-refractivity contribution in [1.82, 2.24) is 0 Å². The van der Waals surface area contributed by atoms with Crippen LogP contribution in [0.3, 0.4) is 0 Å². The van der Waals surface area contributed by atoms with Crippen molar-refractivity contribution in [1.29, 1.82) is 0 Å². The van der Waals surface area contributed by atoms with Crippen LogP contribution >= 0.6 is 0 Å². The Kier molecular flexibility index (Phi) is 9.21.